The summed E-state index contributed by atoms with van der Waals surface area (Å²) in [6, 6.07) is 0. The van der Waals surface area contributed by atoms with E-state index in [9.17, 15) is 0 Å². The molecule has 0 unspecified atom stereocenters. The Balaban J connectivity index is 3.70. The van der Waals surface area contributed by atoms with Crippen LogP contribution in [0.25, 0.3) is 0 Å². The molecule has 0 amide bonds. The van der Waals surface area contributed by atoms with E-state index in [0.29, 0.717) is 5.75 Å². The van der Waals surface area contributed by atoms with Gasteiger partial charge in [-0.15, -0.1) is 0 Å². The monoisotopic (exact) mass is 210 g/mol. The molecule has 0 aromatic rings. The van der Waals surface area contributed by atoms with Crippen LogP contribution >= 0.6 is 25.3 Å². The van der Waals surface area contributed by atoms with Crippen molar-refractivity contribution >= 4 is 25.3 Å². The summed E-state index contributed by atoms with van der Waals surface area (Å²) in [5.41, 5.74) is 0. The fourth-order valence-corrected chi connectivity index (χ4v) is 1.73. The minimum absolute atomic E-state index is 0.116. The first kappa shape index (κ1) is 12.6. The molecule has 0 bridgehead atoms. The van der Waals surface area contributed by atoms with Crippen LogP contribution in [0, 0.1) is 0 Å². The highest BCUT2D eigenvalue weighted by Crippen LogP contribution is 2.27. The normalized spacial score (nSPS) is 12.0. The van der Waals surface area contributed by atoms with Gasteiger partial charge in [0, 0.05) is 23.7 Å². The fourth-order valence-electron chi connectivity index (χ4n) is 1.10. The van der Waals surface area contributed by atoms with E-state index in [2.05, 4.69) is 25.3 Å². The van der Waals surface area contributed by atoms with Gasteiger partial charge in [-0.2, -0.15) is 25.3 Å². The van der Waals surface area contributed by atoms with Gasteiger partial charge in [-0.1, -0.05) is 0 Å². The first-order valence-corrected chi connectivity index (χ1v) is 5.31. The maximum absolute atomic E-state index is 8.64. The van der Waals surface area contributed by atoms with Crippen molar-refractivity contribution in [3.63, 3.8) is 0 Å². The third-order valence-corrected chi connectivity index (χ3v) is 3.35. The number of hydrogen-bond acceptors (Lipinski definition) is 4. The molecule has 0 saturated carbocycles. The lowest BCUT2D eigenvalue weighted by atomic mass is 9.99. The van der Waals surface area contributed by atoms with Crippen molar-refractivity contribution in [1.82, 2.24) is 0 Å². The summed E-state index contributed by atoms with van der Waals surface area (Å²) in [6.45, 7) is 0.407. The van der Waals surface area contributed by atoms with Crippen LogP contribution in [-0.2, 0) is 0 Å². The molecule has 0 heterocycles. The molecular formula is C8H18O2S2. The van der Waals surface area contributed by atoms with Gasteiger partial charge in [0.1, 0.15) is 0 Å². The lowest BCUT2D eigenvalue weighted by Gasteiger charge is -2.25. The molecule has 0 radical (unpaired) electrons. The second-order valence-corrected chi connectivity index (χ2v) is 4.30. The molecule has 2 N–H and O–H groups in total. The van der Waals surface area contributed by atoms with Crippen LogP contribution in [0.1, 0.15) is 25.7 Å². The molecule has 0 fully saturated rings. The van der Waals surface area contributed by atoms with Crippen LogP contribution < -0.4 is 0 Å². The van der Waals surface area contributed by atoms with Gasteiger partial charge in [-0.05, 0) is 25.7 Å². The van der Waals surface area contributed by atoms with Gasteiger partial charge >= 0.3 is 0 Å². The zero-order valence-corrected chi connectivity index (χ0v) is 9.03. The van der Waals surface area contributed by atoms with E-state index in [4.69, 9.17) is 10.2 Å². The maximum atomic E-state index is 8.64. The summed E-state index contributed by atoms with van der Waals surface area (Å²) >= 11 is 8.70. The zero-order chi connectivity index (χ0) is 9.45. The molecule has 0 aliphatic heterocycles. The van der Waals surface area contributed by atoms with E-state index in [1.54, 1.807) is 0 Å². The quantitative estimate of drug-likeness (QED) is 0.476. The summed E-state index contributed by atoms with van der Waals surface area (Å²) in [4.78, 5) is 0. The third kappa shape index (κ3) is 5.30. The van der Waals surface area contributed by atoms with Gasteiger partial charge in [0.25, 0.3) is 0 Å². The minimum Gasteiger partial charge on any atom is -0.396 e. The topological polar surface area (TPSA) is 40.5 Å². The van der Waals surface area contributed by atoms with E-state index in [-0.39, 0.29) is 18.0 Å². The van der Waals surface area contributed by atoms with E-state index in [1.165, 1.54) is 0 Å². The number of rotatable bonds is 7. The number of hydrogen-bond donors (Lipinski definition) is 4. The van der Waals surface area contributed by atoms with Crippen LogP contribution in [0.4, 0.5) is 0 Å². The SMILES string of the molecule is OCCCC(S)(CS)CCCO. The molecule has 0 spiro atoms. The van der Waals surface area contributed by atoms with Crippen LogP contribution in [-0.4, -0.2) is 33.9 Å². The van der Waals surface area contributed by atoms with Gasteiger partial charge in [0.2, 0.25) is 0 Å². The van der Waals surface area contributed by atoms with Gasteiger partial charge in [0.15, 0.2) is 0 Å². The van der Waals surface area contributed by atoms with Gasteiger partial charge < -0.3 is 10.2 Å². The zero-order valence-electron chi connectivity index (χ0n) is 7.24. The van der Waals surface area contributed by atoms with Crippen LogP contribution in [0.2, 0.25) is 0 Å². The predicted molar refractivity (Wildman–Crippen MR) is 58.2 cm³/mol. The number of aliphatic hydroxyl groups is 2. The molecule has 4 heteroatoms. The molecule has 0 aromatic carbocycles. The molecule has 74 valence electrons. The Morgan fingerprint density at radius 2 is 1.42 bits per heavy atom. The average molecular weight is 210 g/mol. The van der Waals surface area contributed by atoms with E-state index < -0.39 is 0 Å². The lowest BCUT2D eigenvalue weighted by molar-refractivity contribution is 0.262. The Morgan fingerprint density at radius 1 is 1.00 bits per heavy atom. The molecule has 12 heavy (non-hydrogen) atoms. The predicted octanol–water partition coefficient (Wildman–Crippen LogP) is 1.13. The Kier molecular flexibility index (Phi) is 7.43. The second kappa shape index (κ2) is 7.06. The first-order chi connectivity index (χ1) is 5.68. The number of thiol groups is 2. The molecule has 0 rings (SSSR count). The minimum atomic E-state index is -0.116. The molecule has 0 aliphatic rings. The van der Waals surface area contributed by atoms with E-state index in [0.717, 1.165) is 25.7 Å². The van der Waals surface area contributed by atoms with Crippen molar-refractivity contribution in [3.8, 4) is 0 Å². The average Bonchev–Trinajstić information content (AvgIpc) is 2.11. The largest absolute Gasteiger partial charge is 0.396 e. The van der Waals surface area contributed by atoms with Gasteiger partial charge in [-0.25, -0.2) is 0 Å². The van der Waals surface area contributed by atoms with E-state index >= 15 is 0 Å². The van der Waals surface area contributed by atoms with E-state index in [1.807, 2.05) is 0 Å². The summed E-state index contributed by atoms with van der Waals surface area (Å²) in [5, 5.41) is 17.3. The second-order valence-electron chi connectivity index (χ2n) is 3.04. The number of aliphatic hydroxyl groups excluding tert-OH is 2. The molecule has 2 nitrogen and oxygen atoms in total. The first-order valence-electron chi connectivity index (χ1n) is 4.23. The smallest absolute Gasteiger partial charge is 0.0431 e. The highest BCUT2D eigenvalue weighted by Gasteiger charge is 2.22. The van der Waals surface area contributed by atoms with Crippen molar-refractivity contribution < 1.29 is 10.2 Å². The molecule has 0 saturated heterocycles. The maximum Gasteiger partial charge on any atom is 0.0431 e. The summed E-state index contributed by atoms with van der Waals surface area (Å²) in [5.74, 6) is 0.691. The summed E-state index contributed by atoms with van der Waals surface area (Å²) < 4.78 is -0.116. The molecule has 0 atom stereocenters. The Bertz CT molecular complexity index is 101. The molecule has 0 aliphatic carbocycles. The van der Waals surface area contributed by atoms with Crippen molar-refractivity contribution in [3.05, 3.63) is 0 Å². The molecule has 0 aromatic heterocycles. The fraction of sp³-hybridized carbons (Fsp3) is 1.00. The van der Waals surface area contributed by atoms with Crippen molar-refractivity contribution in [1.29, 1.82) is 0 Å². The lowest BCUT2D eigenvalue weighted by Crippen LogP contribution is -2.24. The molecular weight excluding hydrogens is 192 g/mol. The van der Waals surface area contributed by atoms with Crippen LogP contribution in [0.5, 0.6) is 0 Å². The Labute approximate surface area is 85.2 Å². The Morgan fingerprint density at radius 3 is 1.67 bits per heavy atom. The van der Waals surface area contributed by atoms with Crippen molar-refractivity contribution in [2.24, 2.45) is 0 Å². The summed E-state index contributed by atoms with van der Waals surface area (Å²) in [7, 11) is 0. The highest BCUT2D eigenvalue weighted by molar-refractivity contribution is 7.85. The van der Waals surface area contributed by atoms with Crippen LogP contribution in [0.3, 0.4) is 0 Å². The standard InChI is InChI=1S/C8H18O2S2/c9-5-1-3-8(12,7-11)4-2-6-10/h9-12H,1-7H2. The van der Waals surface area contributed by atoms with Gasteiger partial charge in [0.05, 0.1) is 0 Å². The highest BCUT2D eigenvalue weighted by atomic mass is 32.1. The third-order valence-electron chi connectivity index (χ3n) is 1.89. The van der Waals surface area contributed by atoms with Crippen molar-refractivity contribution in [2.75, 3.05) is 19.0 Å². The van der Waals surface area contributed by atoms with Crippen molar-refractivity contribution in [2.45, 2.75) is 30.4 Å². The Hall–Kier alpha value is 0.620. The summed E-state index contributed by atoms with van der Waals surface area (Å²) in [6.07, 6.45) is 3.23. The van der Waals surface area contributed by atoms with Crippen LogP contribution in [0.15, 0.2) is 0 Å². The van der Waals surface area contributed by atoms with Gasteiger partial charge in [-0.3, -0.25) is 0 Å².